The fourth-order valence-electron chi connectivity index (χ4n) is 1.84. The number of nitriles is 1. The monoisotopic (exact) mass is 304 g/mol. The van der Waals surface area contributed by atoms with Gasteiger partial charge >= 0.3 is 0 Å². The summed E-state index contributed by atoms with van der Waals surface area (Å²) in [6, 6.07) is 12.1. The molecule has 0 aliphatic rings. The highest BCUT2D eigenvalue weighted by Crippen LogP contribution is 2.18. The summed E-state index contributed by atoms with van der Waals surface area (Å²) in [7, 11) is -3.60. The Balaban J connectivity index is 2.16. The van der Waals surface area contributed by atoms with Crippen LogP contribution in [0.1, 0.15) is 16.7 Å². The van der Waals surface area contributed by atoms with Crippen LogP contribution in [0.5, 0.6) is 0 Å². The molecule has 0 saturated carbocycles. The van der Waals surface area contributed by atoms with E-state index in [0.29, 0.717) is 22.4 Å². The van der Waals surface area contributed by atoms with Crippen molar-refractivity contribution >= 4 is 15.7 Å². The Kier molecular flexibility index (Phi) is 4.24. The predicted octanol–water partition coefficient (Wildman–Crippen LogP) is 2.95. The predicted molar refractivity (Wildman–Crippen MR) is 78.5 cm³/mol. The molecule has 2 rings (SSSR count). The van der Waals surface area contributed by atoms with Gasteiger partial charge < -0.3 is 0 Å². The number of hydrogen-bond donors (Lipinski definition) is 1. The van der Waals surface area contributed by atoms with Crippen LogP contribution in [0.15, 0.2) is 42.5 Å². The van der Waals surface area contributed by atoms with E-state index < -0.39 is 15.8 Å². The Morgan fingerprint density at radius 1 is 1.19 bits per heavy atom. The van der Waals surface area contributed by atoms with Gasteiger partial charge in [0, 0.05) is 0 Å². The Hall–Kier alpha value is -2.39. The molecule has 4 nitrogen and oxygen atoms in total. The molecule has 0 saturated heterocycles. The number of hydrogen-bond acceptors (Lipinski definition) is 3. The molecule has 108 valence electrons. The number of anilines is 1. The molecule has 0 atom stereocenters. The molecule has 1 N–H and O–H groups in total. The fraction of sp³-hybridized carbons (Fsp3) is 0.133. The van der Waals surface area contributed by atoms with Crippen LogP contribution >= 0.6 is 0 Å². The molecule has 0 fully saturated rings. The first-order valence-corrected chi connectivity index (χ1v) is 7.80. The van der Waals surface area contributed by atoms with Crippen molar-refractivity contribution in [3.05, 3.63) is 65.0 Å². The van der Waals surface area contributed by atoms with E-state index in [1.807, 2.05) is 6.07 Å². The minimum absolute atomic E-state index is 0.213. The van der Waals surface area contributed by atoms with Gasteiger partial charge in [-0.25, -0.2) is 12.8 Å². The molecule has 0 amide bonds. The Bertz CT molecular complexity index is 793. The largest absolute Gasteiger partial charge is 0.283 e. The van der Waals surface area contributed by atoms with Crippen LogP contribution in [-0.4, -0.2) is 8.42 Å². The lowest BCUT2D eigenvalue weighted by Gasteiger charge is -2.10. The van der Waals surface area contributed by atoms with Crippen molar-refractivity contribution in [3.63, 3.8) is 0 Å². The standard InChI is InChI=1S/C15H13FN2O2S/c1-11-8-14(16)6-7-15(11)18-21(19,20)10-13-4-2-12(9-17)3-5-13/h2-8,18H,10H2,1H3. The highest BCUT2D eigenvalue weighted by atomic mass is 32.2. The summed E-state index contributed by atoms with van der Waals surface area (Å²) in [6.07, 6.45) is 0. The van der Waals surface area contributed by atoms with Crippen molar-refractivity contribution in [3.8, 4) is 6.07 Å². The highest BCUT2D eigenvalue weighted by molar-refractivity contribution is 7.91. The van der Waals surface area contributed by atoms with Crippen LogP contribution in [0.3, 0.4) is 0 Å². The van der Waals surface area contributed by atoms with Gasteiger partial charge in [0.2, 0.25) is 10.0 Å². The molecule has 0 bridgehead atoms. The summed E-state index contributed by atoms with van der Waals surface area (Å²) in [5.74, 6) is -0.627. The lowest BCUT2D eigenvalue weighted by molar-refractivity contribution is 0.600. The second kappa shape index (κ2) is 5.94. The number of aryl methyl sites for hydroxylation is 1. The zero-order valence-corrected chi connectivity index (χ0v) is 12.1. The molecule has 2 aromatic rings. The normalized spacial score (nSPS) is 10.9. The van der Waals surface area contributed by atoms with Gasteiger partial charge in [-0.3, -0.25) is 4.72 Å². The lowest BCUT2D eigenvalue weighted by atomic mass is 10.2. The van der Waals surface area contributed by atoms with Gasteiger partial charge in [0.05, 0.1) is 23.1 Å². The molecule has 0 aliphatic carbocycles. The van der Waals surface area contributed by atoms with E-state index in [2.05, 4.69) is 4.72 Å². The van der Waals surface area contributed by atoms with E-state index in [4.69, 9.17) is 5.26 Å². The Labute approximate surface area is 122 Å². The van der Waals surface area contributed by atoms with Crippen molar-refractivity contribution in [2.24, 2.45) is 0 Å². The molecule has 0 unspecified atom stereocenters. The molecule has 2 aromatic carbocycles. The van der Waals surface area contributed by atoms with Crippen LogP contribution in [0.4, 0.5) is 10.1 Å². The number of rotatable bonds is 4. The topological polar surface area (TPSA) is 70.0 Å². The smallest absolute Gasteiger partial charge is 0.236 e. The van der Waals surface area contributed by atoms with Crippen LogP contribution in [-0.2, 0) is 15.8 Å². The maximum absolute atomic E-state index is 13.0. The van der Waals surface area contributed by atoms with Gasteiger partial charge in [0.1, 0.15) is 5.82 Å². The van der Waals surface area contributed by atoms with Gasteiger partial charge in [-0.05, 0) is 48.4 Å². The van der Waals surface area contributed by atoms with Crippen LogP contribution in [0, 0.1) is 24.1 Å². The number of nitrogens with zero attached hydrogens (tertiary/aromatic N) is 1. The number of benzene rings is 2. The van der Waals surface area contributed by atoms with E-state index in [9.17, 15) is 12.8 Å². The molecule has 21 heavy (non-hydrogen) atoms. The van der Waals surface area contributed by atoms with E-state index in [0.717, 1.165) is 0 Å². The summed E-state index contributed by atoms with van der Waals surface area (Å²) in [5, 5.41) is 8.70. The lowest BCUT2D eigenvalue weighted by Crippen LogP contribution is -2.15. The molecular formula is C15H13FN2O2S. The summed E-state index contributed by atoms with van der Waals surface area (Å²) in [5.41, 5.74) is 1.91. The molecular weight excluding hydrogens is 291 g/mol. The van der Waals surface area contributed by atoms with Crippen LogP contribution < -0.4 is 4.72 Å². The van der Waals surface area contributed by atoms with E-state index >= 15 is 0 Å². The second-order valence-corrected chi connectivity index (χ2v) is 6.35. The zero-order valence-electron chi connectivity index (χ0n) is 11.3. The van der Waals surface area contributed by atoms with Crippen LogP contribution in [0.2, 0.25) is 0 Å². The highest BCUT2D eigenvalue weighted by Gasteiger charge is 2.13. The zero-order chi connectivity index (χ0) is 15.5. The van der Waals surface area contributed by atoms with Crippen molar-refractivity contribution < 1.29 is 12.8 Å². The van der Waals surface area contributed by atoms with E-state index in [1.54, 1.807) is 31.2 Å². The molecule has 0 spiro atoms. The fourth-order valence-corrected chi connectivity index (χ4v) is 3.11. The van der Waals surface area contributed by atoms with Gasteiger partial charge in [-0.2, -0.15) is 5.26 Å². The summed E-state index contributed by atoms with van der Waals surface area (Å²) < 4.78 is 39.6. The minimum Gasteiger partial charge on any atom is -0.283 e. The first-order chi connectivity index (χ1) is 9.89. The number of nitrogens with one attached hydrogen (secondary N) is 1. The maximum atomic E-state index is 13.0. The van der Waals surface area contributed by atoms with Crippen molar-refractivity contribution in [2.75, 3.05) is 4.72 Å². The third kappa shape index (κ3) is 4.04. The van der Waals surface area contributed by atoms with Gasteiger partial charge in [0.25, 0.3) is 0 Å². The molecule has 0 aromatic heterocycles. The van der Waals surface area contributed by atoms with Crippen molar-refractivity contribution in [2.45, 2.75) is 12.7 Å². The Morgan fingerprint density at radius 2 is 1.86 bits per heavy atom. The van der Waals surface area contributed by atoms with Gasteiger partial charge in [-0.1, -0.05) is 12.1 Å². The quantitative estimate of drug-likeness (QED) is 0.944. The maximum Gasteiger partial charge on any atom is 0.236 e. The third-order valence-corrected chi connectivity index (χ3v) is 4.14. The first-order valence-electron chi connectivity index (χ1n) is 6.15. The summed E-state index contributed by atoms with van der Waals surface area (Å²) in [6.45, 7) is 1.63. The van der Waals surface area contributed by atoms with Crippen molar-refractivity contribution in [1.29, 1.82) is 5.26 Å². The average Bonchev–Trinajstić information content (AvgIpc) is 2.42. The molecule has 0 aliphatic heterocycles. The summed E-state index contributed by atoms with van der Waals surface area (Å²) in [4.78, 5) is 0. The minimum atomic E-state index is -3.60. The molecule has 0 radical (unpaired) electrons. The Morgan fingerprint density at radius 3 is 2.43 bits per heavy atom. The van der Waals surface area contributed by atoms with Crippen LogP contribution in [0.25, 0.3) is 0 Å². The van der Waals surface area contributed by atoms with E-state index in [-0.39, 0.29) is 5.75 Å². The van der Waals surface area contributed by atoms with E-state index in [1.165, 1.54) is 18.2 Å². The molecule has 0 heterocycles. The van der Waals surface area contributed by atoms with Gasteiger partial charge in [-0.15, -0.1) is 0 Å². The number of sulfonamides is 1. The average molecular weight is 304 g/mol. The first kappa shape index (κ1) is 15.0. The SMILES string of the molecule is Cc1cc(F)ccc1NS(=O)(=O)Cc1ccc(C#N)cc1. The summed E-state index contributed by atoms with van der Waals surface area (Å²) >= 11 is 0. The number of halogens is 1. The van der Waals surface area contributed by atoms with Gasteiger partial charge in [0.15, 0.2) is 0 Å². The van der Waals surface area contributed by atoms with Crippen molar-refractivity contribution in [1.82, 2.24) is 0 Å². The third-order valence-electron chi connectivity index (χ3n) is 2.89. The molecule has 6 heteroatoms. The second-order valence-electron chi connectivity index (χ2n) is 4.63.